The van der Waals surface area contributed by atoms with Crippen LogP contribution < -0.4 is 24.7 Å². The van der Waals surface area contributed by atoms with Gasteiger partial charge in [0.15, 0.2) is 11.5 Å². The number of nitriles is 1. The first-order valence-corrected chi connectivity index (χ1v) is 10.3. The summed E-state index contributed by atoms with van der Waals surface area (Å²) in [5.41, 5.74) is 7.52. The zero-order valence-corrected chi connectivity index (χ0v) is 18.7. The van der Waals surface area contributed by atoms with Crippen molar-refractivity contribution in [1.82, 2.24) is 0 Å². The number of methoxy groups -OCH3 is 2. The van der Waals surface area contributed by atoms with Crippen LogP contribution in [0.15, 0.2) is 72.1 Å². The Labute approximate surface area is 199 Å². The van der Waals surface area contributed by atoms with Crippen LogP contribution in [-0.2, 0) is 0 Å². The molecule has 35 heavy (non-hydrogen) atoms. The number of nitro benzene ring substituents is 1. The normalized spacial score (nSPS) is 14.3. The van der Waals surface area contributed by atoms with Gasteiger partial charge in [0.05, 0.1) is 30.6 Å². The van der Waals surface area contributed by atoms with Gasteiger partial charge in [0.1, 0.15) is 23.1 Å². The van der Waals surface area contributed by atoms with Crippen molar-refractivity contribution in [2.75, 3.05) is 14.2 Å². The molecular weight excluding hydrogens is 454 g/mol. The maximum Gasteiger partial charge on any atom is 0.343 e. The van der Waals surface area contributed by atoms with Gasteiger partial charge in [-0.2, -0.15) is 5.26 Å². The highest BCUT2D eigenvalue weighted by Crippen LogP contribution is 2.47. The van der Waals surface area contributed by atoms with Gasteiger partial charge in [0.25, 0.3) is 5.69 Å². The molecular formula is C25H19N3O7. The summed E-state index contributed by atoms with van der Waals surface area (Å²) in [5, 5.41) is 20.6. The topological polar surface area (TPSA) is 147 Å². The number of fused-ring (bicyclic) bond motifs is 1. The molecule has 0 bridgehead atoms. The molecule has 1 unspecified atom stereocenters. The highest BCUT2D eigenvalue weighted by molar-refractivity contribution is 5.91. The van der Waals surface area contributed by atoms with Crippen molar-refractivity contribution in [2.45, 2.75) is 5.92 Å². The summed E-state index contributed by atoms with van der Waals surface area (Å²) < 4.78 is 22.1. The Kier molecular flexibility index (Phi) is 6.24. The molecule has 0 saturated heterocycles. The molecule has 176 valence electrons. The van der Waals surface area contributed by atoms with Gasteiger partial charge in [-0.3, -0.25) is 10.1 Å². The van der Waals surface area contributed by atoms with Gasteiger partial charge in [-0.05, 0) is 24.3 Å². The number of allylic oxidation sites excluding steroid dienone is 1. The average molecular weight is 473 g/mol. The maximum atomic E-state index is 12.5. The molecule has 0 amide bonds. The number of para-hydroxylation sites is 1. The van der Waals surface area contributed by atoms with Crippen molar-refractivity contribution in [3.8, 4) is 29.1 Å². The Bertz CT molecular complexity index is 1390. The van der Waals surface area contributed by atoms with Crippen molar-refractivity contribution in [3.63, 3.8) is 0 Å². The van der Waals surface area contributed by atoms with Crippen LogP contribution in [0.3, 0.4) is 0 Å². The van der Waals surface area contributed by atoms with Gasteiger partial charge in [-0.15, -0.1) is 0 Å². The molecule has 1 aliphatic heterocycles. The number of nitrogens with two attached hydrogens (primary N) is 1. The Morgan fingerprint density at radius 3 is 2.46 bits per heavy atom. The lowest BCUT2D eigenvalue weighted by molar-refractivity contribution is -0.384. The van der Waals surface area contributed by atoms with Crippen LogP contribution in [0.5, 0.6) is 23.0 Å². The molecule has 3 aromatic carbocycles. The van der Waals surface area contributed by atoms with Gasteiger partial charge in [0, 0.05) is 29.3 Å². The van der Waals surface area contributed by atoms with Crippen LogP contribution in [0, 0.1) is 21.4 Å². The zero-order chi connectivity index (χ0) is 25.1. The van der Waals surface area contributed by atoms with Crippen LogP contribution in [0.2, 0.25) is 0 Å². The third-order valence-corrected chi connectivity index (χ3v) is 5.46. The summed E-state index contributed by atoms with van der Waals surface area (Å²) in [6.45, 7) is 0. The second-order valence-corrected chi connectivity index (χ2v) is 7.40. The first-order valence-electron chi connectivity index (χ1n) is 10.3. The van der Waals surface area contributed by atoms with Crippen LogP contribution in [0.4, 0.5) is 5.69 Å². The summed E-state index contributed by atoms with van der Waals surface area (Å²) >= 11 is 0. The standard InChI is InChI=1S/C25H19N3O7/c1-32-20-5-3-4-18(23(20)33-2)22-17-11-10-16(12-21(17)35-24(27)19(22)13-26)34-25(29)14-6-8-15(9-7-14)28(30)31/h3-12,22H,27H2,1-2H3. The second-order valence-electron chi connectivity index (χ2n) is 7.40. The van der Waals surface area contributed by atoms with Crippen LogP contribution in [0.25, 0.3) is 0 Å². The molecule has 10 heteroatoms. The van der Waals surface area contributed by atoms with Gasteiger partial charge >= 0.3 is 5.97 Å². The molecule has 0 aromatic heterocycles. The maximum absolute atomic E-state index is 12.5. The first kappa shape index (κ1) is 23.1. The fourth-order valence-electron chi connectivity index (χ4n) is 3.84. The summed E-state index contributed by atoms with van der Waals surface area (Å²) in [7, 11) is 3.02. The number of non-ortho nitro benzene ring substituents is 1. The Hall–Kier alpha value is -5.04. The minimum absolute atomic E-state index is 0.0891. The Morgan fingerprint density at radius 1 is 1.09 bits per heavy atom. The number of nitro groups is 1. The number of hydrogen-bond donors (Lipinski definition) is 1. The Balaban J connectivity index is 1.70. The smallest absolute Gasteiger partial charge is 0.343 e. The minimum atomic E-state index is -0.706. The van der Waals surface area contributed by atoms with E-state index in [-0.39, 0.29) is 28.5 Å². The number of nitrogens with zero attached hydrogens (tertiary/aromatic N) is 2. The van der Waals surface area contributed by atoms with E-state index in [4.69, 9.17) is 24.7 Å². The van der Waals surface area contributed by atoms with Crippen molar-refractivity contribution in [3.05, 3.63) is 98.9 Å². The average Bonchev–Trinajstić information content (AvgIpc) is 2.87. The number of hydrogen-bond acceptors (Lipinski definition) is 9. The zero-order valence-electron chi connectivity index (χ0n) is 18.7. The van der Waals surface area contributed by atoms with Crippen molar-refractivity contribution in [2.24, 2.45) is 5.73 Å². The van der Waals surface area contributed by atoms with E-state index >= 15 is 0 Å². The van der Waals surface area contributed by atoms with Crippen molar-refractivity contribution >= 4 is 11.7 Å². The van der Waals surface area contributed by atoms with E-state index in [0.29, 0.717) is 28.4 Å². The van der Waals surface area contributed by atoms with E-state index in [1.165, 1.54) is 44.6 Å². The number of carbonyl (C=O) groups excluding carboxylic acids is 1. The van der Waals surface area contributed by atoms with E-state index in [2.05, 4.69) is 6.07 Å². The van der Waals surface area contributed by atoms with Crippen LogP contribution in [0.1, 0.15) is 27.4 Å². The largest absolute Gasteiger partial charge is 0.493 e. The summed E-state index contributed by atoms with van der Waals surface area (Å²) in [5.74, 6) is -0.0171. The predicted octanol–water partition coefficient (Wildman–Crippen LogP) is 4.05. The SMILES string of the molecule is COc1cccc(C2C(C#N)=C(N)Oc3cc(OC(=O)c4ccc([N+](=O)[O-])cc4)ccc32)c1OC. The number of rotatable bonds is 6. The fourth-order valence-corrected chi connectivity index (χ4v) is 3.84. The highest BCUT2D eigenvalue weighted by Gasteiger charge is 2.33. The van der Waals surface area contributed by atoms with E-state index in [1.807, 2.05) is 0 Å². The molecule has 0 spiro atoms. The molecule has 2 N–H and O–H groups in total. The molecule has 0 radical (unpaired) electrons. The highest BCUT2D eigenvalue weighted by atomic mass is 16.6. The summed E-state index contributed by atoms with van der Waals surface area (Å²) in [6.07, 6.45) is 0. The van der Waals surface area contributed by atoms with Crippen molar-refractivity contribution < 1.29 is 28.7 Å². The first-order chi connectivity index (χ1) is 16.9. The van der Waals surface area contributed by atoms with E-state index in [0.717, 1.165) is 0 Å². The third kappa shape index (κ3) is 4.30. The van der Waals surface area contributed by atoms with E-state index in [9.17, 15) is 20.2 Å². The lowest BCUT2D eigenvalue weighted by Crippen LogP contribution is -2.21. The van der Waals surface area contributed by atoms with E-state index < -0.39 is 16.8 Å². The number of ether oxygens (including phenoxy) is 4. The number of benzene rings is 3. The molecule has 1 atom stereocenters. The molecule has 10 nitrogen and oxygen atoms in total. The molecule has 1 heterocycles. The van der Waals surface area contributed by atoms with Gasteiger partial charge in [0.2, 0.25) is 5.88 Å². The van der Waals surface area contributed by atoms with Gasteiger partial charge in [-0.25, -0.2) is 4.79 Å². The number of esters is 1. The second kappa shape index (κ2) is 9.44. The van der Waals surface area contributed by atoms with Gasteiger partial charge in [-0.1, -0.05) is 18.2 Å². The van der Waals surface area contributed by atoms with Crippen molar-refractivity contribution in [1.29, 1.82) is 5.26 Å². The fraction of sp³-hybridized carbons (Fsp3) is 0.120. The van der Waals surface area contributed by atoms with E-state index in [1.54, 1.807) is 30.3 Å². The lowest BCUT2D eigenvalue weighted by atomic mass is 9.83. The monoisotopic (exact) mass is 473 g/mol. The minimum Gasteiger partial charge on any atom is -0.493 e. The molecule has 1 aliphatic rings. The number of carbonyl (C=O) groups is 1. The predicted molar refractivity (Wildman–Crippen MR) is 123 cm³/mol. The molecule has 0 aliphatic carbocycles. The molecule has 0 saturated carbocycles. The van der Waals surface area contributed by atoms with Crippen LogP contribution >= 0.6 is 0 Å². The quantitative estimate of drug-likeness (QED) is 0.242. The molecule has 3 aromatic rings. The summed E-state index contributed by atoms with van der Waals surface area (Å²) in [4.78, 5) is 22.8. The lowest BCUT2D eigenvalue weighted by Gasteiger charge is -2.28. The third-order valence-electron chi connectivity index (χ3n) is 5.46. The van der Waals surface area contributed by atoms with Crippen LogP contribution in [-0.4, -0.2) is 25.1 Å². The Morgan fingerprint density at radius 2 is 1.83 bits per heavy atom. The molecule has 0 fully saturated rings. The van der Waals surface area contributed by atoms with Gasteiger partial charge < -0.3 is 24.7 Å². The summed E-state index contributed by atoms with van der Waals surface area (Å²) in [6, 6.07) is 17.2. The molecule has 4 rings (SSSR count).